The summed E-state index contributed by atoms with van der Waals surface area (Å²) in [5.41, 5.74) is 3.55. The second-order valence-electron chi connectivity index (χ2n) is 10.6. The quantitative estimate of drug-likeness (QED) is 0.553. The third-order valence-corrected chi connectivity index (χ3v) is 7.88. The van der Waals surface area contributed by atoms with Gasteiger partial charge in [0.1, 0.15) is 6.10 Å². The van der Waals surface area contributed by atoms with E-state index in [1.54, 1.807) is 14.0 Å². The van der Waals surface area contributed by atoms with Gasteiger partial charge in [0.2, 0.25) is 0 Å². The highest BCUT2D eigenvalue weighted by atomic mass is 16.6. The second-order valence-corrected chi connectivity index (χ2v) is 10.6. The number of hydrogen-bond acceptors (Lipinski definition) is 6. The number of methoxy groups -OCH3 is 1. The Kier molecular flexibility index (Phi) is 7.96. The molecule has 2 aliphatic rings. The van der Waals surface area contributed by atoms with Gasteiger partial charge in [-0.3, -0.25) is 4.90 Å². The summed E-state index contributed by atoms with van der Waals surface area (Å²) in [6.45, 7) is 7.82. The number of aliphatic hydroxyl groups is 2. The monoisotopic (exact) mass is 481 g/mol. The summed E-state index contributed by atoms with van der Waals surface area (Å²) in [5, 5.41) is 19.6. The Bertz CT molecular complexity index is 1020. The zero-order valence-corrected chi connectivity index (χ0v) is 21.4. The molecule has 190 valence electrons. The molecule has 2 N–H and O–H groups in total. The normalized spacial score (nSPS) is 23.9. The molecule has 1 unspecified atom stereocenters. The Morgan fingerprint density at radius 3 is 2.46 bits per heavy atom. The predicted molar refractivity (Wildman–Crippen MR) is 135 cm³/mol. The van der Waals surface area contributed by atoms with Crippen molar-refractivity contribution in [2.24, 2.45) is 11.8 Å². The minimum absolute atomic E-state index is 0.0800. The molecule has 6 nitrogen and oxygen atoms in total. The number of esters is 1. The van der Waals surface area contributed by atoms with Crippen LogP contribution in [0.15, 0.2) is 42.5 Å². The topological polar surface area (TPSA) is 79.2 Å². The van der Waals surface area contributed by atoms with Crippen molar-refractivity contribution in [2.45, 2.75) is 71.0 Å². The van der Waals surface area contributed by atoms with Gasteiger partial charge in [-0.15, -0.1) is 0 Å². The van der Waals surface area contributed by atoms with E-state index in [9.17, 15) is 15.0 Å². The van der Waals surface area contributed by atoms with E-state index in [0.29, 0.717) is 12.3 Å². The number of piperidine rings is 1. The van der Waals surface area contributed by atoms with E-state index in [2.05, 4.69) is 18.7 Å². The van der Waals surface area contributed by atoms with Gasteiger partial charge < -0.3 is 19.7 Å². The Morgan fingerprint density at radius 1 is 1.14 bits per heavy atom. The average molecular weight is 482 g/mol. The SMILES string of the molecule is COC(C)(C(=O)O[C@@H]1C[C@H]2c3cc(CO)c(CO)cc3CCN2C[C@H]1CC(C)C)c1ccccc1. The molecule has 4 rings (SSSR count). The Hall–Kier alpha value is -2.25. The summed E-state index contributed by atoms with van der Waals surface area (Å²) in [5.74, 6) is 0.370. The highest BCUT2D eigenvalue weighted by Crippen LogP contribution is 2.42. The predicted octanol–water partition coefficient (Wildman–Crippen LogP) is 4.11. The molecule has 1 fully saturated rings. The van der Waals surface area contributed by atoms with Crippen molar-refractivity contribution in [2.75, 3.05) is 20.2 Å². The molecule has 4 atom stereocenters. The maximum absolute atomic E-state index is 13.6. The molecular formula is C29H39NO5. The van der Waals surface area contributed by atoms with Crippen LogP contribution in [0, 0.1) is 11.8 Å². The van der Waals surface area contributed by atoms with Crippen LogP contribution >= 0.6 is 0 Å². The van der Waals surface area contributed by atoms with E-state index in [1.807, 2.05) is 42.5 Å². The molecule has 1 saturated heterocycles. The molecule has 2 aromatic carbocycles. The molecule has 0 bridgehead atoms. The number of rotatable bonds is 8. The van der Waals surface area contributed by atoms with Crippen LogP contribution in [0.25, 0.3) is 0 Å². The van der Waals surface area contributed by atoms with E-state index in [1.165, 1.54) is 11.1 Å². The lowest BCUT2D eigenvalue weighted by atomic mass is 9.78. The van der Waals surface area contributed by atoms with E-state index in [-0.39, 0.29) is 37.2 Å². The number of nitrogens with zero attached hydrogens (tertiary/aromatic N) is 1. The van der Waals surface area contributed by atoms with E-state index in [0.717, 1.165) is 42.6 Å². The first-order valence-corrected chi connectivity index (χ1v) is 12.7. The number of aliphatic hydroxyl groups excluding tert-OH is 2. The Balaban J connectivity index is 1.63. The van der Waals surface area contributed by atoms with Crippen molar-refractivity contribution in [1.82, 2.24) is 4.90 Å². The first-order chi connectivity index (χ1) is 16.8. The molecule has 2 aliphatic heterocycles. The van der Waals surface area contributed by atoms with Gasteiger partial charge in [0.05, 0.1) is 13.2 Å². The highest BCUT2D eigenvalue weighted by molar-refractivity contribution is 5.81. The standard InChI is InChI=1S/C29H39NO5/c1-19(2)12-21-16-30-11-10-20-13-22(17-31)23(18-32)14-25(20)26(30)15-27(21)35-28(33)29(3,34-4)24-8-6-5-7-9-24/h5-9,13-14,19,21,26-27,31-32H,10-12,15-18H2,1-4H3/t21-,26+,27-,29?/m1/s1. The molecule has 2 heterocycles. The van der Waals surface area contributed by atoms with Crippen molar-refractivity contribution in [3.8, 4) is 0 Å². The van der Waals surface area contributed by atoms with E-state index >= 15 is 0 Å². The zero-order valence-electron chi connectivity index (χ0n) is 21.4. The van der Waals surface area contributed by atoms with Crippen LogP contribution in [-0.2, 0) is 39.5 Å². The molecule has 0 aliphatic carbocycles. The van der Waals surface area contributed by atoms with Crippen LogP contribution < -0.4 is 0 Å². The van der Waals surface area contributed by atoms with Gasteiger partial charge in [0, 0.05) is 38.6 Å². The molecular weight excluding hydrogens is 442 g/mol. The molecule has 0 amide bonds. The number of carbonyl (C=O) groups is 1. The molecule has 0 saturated carbocycles. The molecule has 2 aromatic rings. The van der Waals surface area contributed by atoms with Crippen LogP contribution in [0.4, 0.5) is 0 Å². The maximum atomic E-state index is 13.6. The number of carbonyl (C=O) groups excluding carboxylic acids is 1. The van der Waals surface area contributed by atoms with Crippen LogP contribution in [0.1, 0.15) is 67.5 Å². The smallest absolute Gasteiger partial charge is 0.343 e. The summed E-state index contributed by atoms with van der Waals surface area (Å²) in [6.07, 6.45) is 2.37. The van der Waals surface area contributed by atoms with Crippen molar-refractivity contribution in [1.29, 1.82) is 0 Å². The Labute approximate surface area is 208 Å². The first kappa shape index (κ1) is 25.8. The van der Waals surface area contributed by atoms with Crippen molar-refractivity contribution in [3.05, 3.63) is 70.3 Å². The van der Waals surface area contributed by atoms with Gasteiger partial charge in [-0.2, -0.15) is 0 Å². The summed E-state index contributed by atoms with van der Waals surface area (Å²) in [6, 6.07) is 13.7. The van der Waals surface area contributed by atoms with Crippen molar-refractivity contribution in [3.63, 3.8) is 0 Å². The number of hydrogen-bond donors (Lipinski definition) is 2. The summed E-state index contributed by atoms with van der Waals surface area (Å²) in [7, 11) is 1.55. The molecule has 0 aromatic heterocycles. The molecule has 0 radical (unpaired) electrons. The summed E-state index contributed by atoms with van der Waals surface area (Å²) in [4.78, 5) is 16.1. The fourth-order valence-corrected chi connectivity index (χ4v) is 5.82. The summed E-state index contributed by atoms with van der Waals surface area (Å²) >= 11 is 0. The minimum atomic E-state index is -1.18. The van der Waals surface area contributed by atoms with E-state index in [4.69, 9.17) is 9.47 Å². The van der Waals surface area contributed by atoms with Gasteiger partial charge in [0.15, 0.2) is 5.60 Å². The number of ether oxygens (including phenoxy) is 2. The van der Waals surface area contributed by atoms with Crippen LogP contribution in [-0.4, -0.2) is 47.4 Å². The lowest BCUT2D eigenvalue weighted by Gasteiger charge is -2.47. The zero-order chi connectivity index (χ0) is 25.2. The van der Waals surface area contributed by atoms with E-state index < -0.39 is 5.60 Å². The maximum Gasteiger partial charge on any atom is 0.343 e. The average Bonchev–Trinajstić information content (AvgIpc) is 2.87. The third kappa shape index (κ3) is 5.17. The van der Waals surface area contributed by atoms with Crippen LogP contribution in [0.2, 0.25) is 0 Å². The fourth-order valence-electron chi connectivity index (χ4n) is 5.82. The van der Waals surface area contributed by atoms with Gasteiger partial charge >= 0.3 is 5.97 Å². The summed E-state index contributed by atoms with van der Waals surface area (Å²) < 4.78 is 12.0. The minimum Gasteiger partial charge on any atom is -0.460 e. The molecule has 35 heavy (non-hydrogen) atoms. The van der Waals surface area contributed by atoms with Crippen molar-refractivity contribution >= 4 is 5.97 Å². The number of fused-ring (bicyclic) bond motifs is 3. The van der Waals surface area contributed by atoms with Gasteiger partial charge in [-0.25, -0.2) is 4.79 Å². The highest BCUT2D eigenvalue weighted by Gasteiger charge is 2.44. The first-order valence-electron chi connectivity index (χ1n) is 12.7. The molecule has 6 heteroatoms. The lowest BCUT2D eigenvalue weighted by molar-refractivity contribution is -0.182. The largest absolute Gasteiger partial charge is 0.460 e. The van der Waals surface area contributed by atoms with Gasteiger partial charge in [0.25, 0.3) is 0 Å². The Morgan fingerprint density at radius 2 is 1.83 bits per heavy atom. The van der Waals surface area contributed by atoms with Crippen LogP contribution in [0.3, 0.4) is 0 Å². The lowest BCUT2D eigenvalue weighted by Crippen LogP contribution is -2.51. The third-order valence-electron chi connectivity index (χ3n) is 7.88. The van der Waals surface area contributed by atoms with Crippen molar-refractivity contribution < 1.29 is 24.5 Å². The molecule has 0 spiro atoms. The number of benzene rings is 2. The van der Waals surface area contributed by atoms with Gasteiger partial charge in [-0.05, 0) is 53.5 Å². The second kappa shape index (κ2) is 10.8. The van der Waals surface area contributed by atoms with Crippen LogP contribution in [0.5, 0.6) is 0 Å². The van der Waals surface area contributed by atoms with Gasteiger partial charge in [-0.1, -0.05) is 56.3 Å². The fraction of sp³-hybridized carbons (Fsp3) is 0.552.